The fourth-order valence-electron chi connectivity index (χ4n) is 2.02. The number of nitrogens with zero attached hydrogens (tertiary/aromatic N) is 1. The first-order valence-corrected chi connectivity index (χ1v) is 8.55. The Hall–Kier alpha value is -3.04. The van der Waals surface area contributed by atoms with Crippen molar-refractivity contribution in [3.05, 3.63) is 65.2 Å². The van der Waals surface area contributed by atoms with Crippen LogP contribution in [0.5, 0.6) is 0 Å². The van der Waals surface area contributed by atoms with Gasteiger partial charge in [-0.15, -0.1) is 11.8 Å². The zero-order chi connectivity index (χ0) is 18.2. The van der Waals surface area contributed by atoms with Crippen molar-refractivity contribution in [1.82, 2.24) is 0 Å². The Morgan fingerprint density at radius 3 is 2.28 bits per heavy atom. The number of methoxy groups -OCH3 is 1. The topological polar surface area (TPSA) is 79.2 Å². The van der Waals surface area contributed by atoms with Crippen LogP contribution in [0.1, 0.15) is 15.9 Å². The minimum absolute atomic E-state index is 0.00561. The molecule has 0 fully saturated rings. The molecule has 5 nitrogen and oxygen atoms in total. The molecule has 0 aliphatic carbocycles. The van der Waals surface area contributed by atoms with E-state index in [0.717, 1.165) is 10.5 Å². The molecule has 0 radical (unpaired) electrons. The summed E-state index contributed by atoms with van der Waals surface area (Å²) in [6.45, 7) is 0. The van der Waals surface area contributed by atoms with Crippen LogP contribution >= 0.6 is 11.8 Å². The number of esters is 1. The summed E-state index contributed by atoms with van der Waals surface area (Å²) in [6, 6.07) is 15.7. The lowest BCUT2D eigenvalue weighted by atomic mass is 10.1. The molecule has 0 saturated heterocycles. The third kappa shape index (κ3) is 4.96. The van der Waals surface area contributed by atoms with Gasteiger partial charge in [0.05, 0.1) is 12.7 Å². The van der Waals surface area contributed by atoms with Crippen molar-refractivity contribution < 1.29 is 14.3 Å². The minimum Gasteiger partial charge on any atom is -0.465 e. The van der Waals surface area contributed by atoms with Crippen LogP contribution in [0.2, 0.25) is 0 Å². The van der Waals surface area contributed by atoms with Gasteiger partial charge in [-0.1, -0.05) is 12.1 Å². The van der Waals surface area contributed by atoms with Crippen LogP contribution in [0.4, 0.5) is 5.69 Å². The SMILES string of the molecule is COC(=O)c1ccc(NC(=O)/C(C#N)=C\c2ccc(SC)cc2)cc1. The van der Waals surface area contributed by atoms with Gasteiger partial charge in [-0.25, -0.2) is 4.79 Å². The molecule has 0 unspecified atom stereocenters. The summed E-state index contributed by atoms with van der Waals surface area (Å²) in [4.78, 5) is 24.7. The van der Waals surface area contributed by atoms with E-state index in [1.54, 1.807) is 36.0 Å². The number of rotatable bonds is 5. The van der Waals surface area contributed by atoms with Crippen molar-refractivity contribution in [2.24, 2.45) is 0 Å². The van der Waals surface area contributed by atoms with E-state index < -0.39 is 11.9 Å². The Bertz CT molecular complexity index is 834. The maximum Gasteiger partial charge on any atom is 0.337 e. The van der Waals surface area contributed by atoms with Gasteiger partial charge in [-0.05, 0) is 54.3 Å². The number of hydrogen-bond acceptors (Lipinski definition) is 5. The Morgan fingerprint density at radius 1 is 1.12 bits per heavy atom. The number of ether oxygens (including phenoxy) is 1. The van der Waals surface area contributed by atoms with Gasteiger partial charge in [-0.2, -0.15) is 5.26 Å². The van der Waals surface area contributed by atoms with Gasteiger partial charge in [0.25, 0.3) is 5.91 Å². The Morgan fingerprint density at radius 2 is 1.76 bits per heavy atom. The van der Waals surface area contributed by atoms with E-state index >= 15 is 0 Å². The molecular formula is C19H16N2O3S. The van der Waals surface area contributed by atoms with E-state index in [-0.39, 0.29) is 5.57 Å². The number of anilines is 1. The molecule has 0 atom stereocenters. The smallest absolute Gasteiger partial charge is 0.337 e. The largest absolute Gasteiger partial charge is 0.465 e. The van der Waals surface area contributed by atoms with E-state index in [9.17, 15) is 14.9 Å². The number of carbonyl (C=O) groups excluding carboxylic acids is 2. The molecule has 126 valence electrons. The minimum atomic E-state index is -0.512. The van der Waals surface area contributed by atoms with Crippen LogP contribution in [0.3, 0.4) is 0 Å². The molecule has 2 aromatic rings. The monoisotopic (exact) mass is 352 g/mol. The standard InChI is InChI=1S/C19H16N2O3S/c1-24-19(23)14-5-7-16(8-6-14)21-18(22)15(12-20)11-13-3-9-17(25-2)10-4-13/h3-11H,1-2H3,(H,21,22)/b15-11-. The summed E-state index contributed by atoms with van der Waals surface area (Å²) in [6.07, 6.45) is 3.51. The predicted octanol–water partition coefficient (Wildman–Crippen LogP) is 3.74. The molecule has 6 heteroatoms. The lowest BCUT2D eigenvalue weighted by Gasteiger charge is -2.05. The van der Waals surface area contributed by atoms with E-state index in [2.05, 4.69) is 10.1 Å². The van der Waals surface area contributed by atoms with Crippen LogP contribution in [0, 0.1) is 11.3 Å². The van der Waals surface area contributed by atoms with Gasteiger partial charge in [0, 0.05) is 10.6 Å². The first-order valence-electron chi connectivity index (χ1n) is 7.33. The van der Waals surface area contributed by atoms with Gasteiger partial charge in [0.2, 0.25) is 0 Å². The third-order valence-electron chi connectivity index (χ3n) is 3.36. The van der Waals surface area contributed by atoms with Crippen LogP contribution in [-0.2, 0) is 9.53 Å². The van der Waals surface area contributed by atoms with Crippen molar-refractivity contribution >= 4 is 35.4 Å². The quantitative estimate of drug-likeness (QED) is 0.384. The van der Waals surface area contributed by atoms with Crippen molar-refractivity contribution in [2.75, 3.05) is 18.7 Å². The first kappa shape index (κ1) is 18.3. The van der Waals surface area contributed by atoms with Crippen molar-refractivity contribution in [1.29, 1.82) is 5.26 Å². The highest BCUT2D eigenvalue weighted by Crippen LogP contribution is 2.17. The Balaban J connectivity index is 2.12. The molecule has 0 spiro atoms. The third-order valence-corrected chi connectivity index (χ3v) is 4.10. The summed E-state index contributed by atoms with van der Waals surface area (Å²) in [5.41, 5.74) is 1.63. The highest BCUT2D eigenvalue weighted by molar-refractivity contribution is 7.98. The normalized spacial score (nSPS) is 10.7. The van der Waals surface area contributed by atoms with Crippen LogP contribution in [0.15, 0.2) is 59.0 Å². The summed E-state index contributed by atoms with van der Waals surface area (Å²) in [5, 5.41) is 11.9. The van der Waals surface area contributed by atoms with Gasteiger partial charge in [-0.3, -0.25) is 4.79 Å². The average molecular weight is 352 g/mol. The predicted molar refractivity (Wildman–Crippen MR) is 98.2 cm³/mol. The Labute approximate surface area is 150 Å². The zero-order valence-electron chi connectivity index (χ0n) is 13.8. The zero-order valence-corrected chi connectivity index (χ0v) is 14.6. The van der Waals surface area contributed by atoms with E-state index in [4.69, 9.17) is 0 Å². The fraction of sp³-hybridized carbons (Fsp3) is 0.105. The molecule has 2 aromatic carbocycles. The van der Waals surface area contributed by atoms with Crippen LogP contribution in [-0.4, -0.2) is 25.2 Å². The van der Waals surface area contributed by atoms with E-state index in [1.807, 2.05) is 36.6 Å². The molecule has 0 aliphatic heterocycles. The maximum atomic E-state index is 12.2. The summed E-state index contributed by atoms with van der Waals surface area (Å²) in [5.74, 6) is -0.966. The molecule has 25 heavy (non-hydrogen) atoms. The molecule has 0 aromatic heterocycles. The molecule has 0 saturated carbocycles. The molecular weight excluding hydrogens is 336 g/mol. The van der Waals surface area contributed by atoms with Gasteiger partial charge in [0.15, 0.2) is 0 Å². The maximum absolute atomic E-state index is 12.2. The average Bonchev–Trinajstić information content (AvgIpc) is 2.66. The number of nitrogens with one attached hydrogen (secondary N) is 1. The van der Waals surface area contributed by atoms with Gasteiger partial charge in [0.1, 0.15) is 11.6 Å². The molecule has 0 aliphatic rings. The molecule has 1 N–H and O–H groups in total. The lowest BCUT2D eigenvalue weighted by Crippen LogP contribution is -2.13. The molecule has 2 rings (SSSR count). The molecule has 0 bridgehead atoms. The summed E-state index contributed by atoms with van der Waals surface area (Å²) >= 11 is 1.62. The Kier molecular flexibility index (Phi) is 6.38. The second-order valence-corrected chi connectivity index (χ2v) is 5.85. The first-order chi connectivity index (χ1) is 12.1. The highest BCUT2D eigenvalue weighted by Gasteiger charge is 2.10. The highest BCUT2D eigenvalue weighted by atomic mass is 32.2. The number of thioether (sulfide) groups is 1. The summed E-state index contributed by atoms with van der Waals surface area (Å²) < 4.78 is 4.62. The summed E-state index contributed by atoms with van der Waals surface area (Å²) in [7, 11) is 1.30. The number of hydrogen-bond donors (Lipinski definition) is 1. The molecule has 1 amide bonds. The van der Waals surface area contributed by atoms with Crippen LogP contribution in [0.25, 0.3) is 6.08 Å². The number of carbonyl (C=O) groups is 2. The van der Waals surface area contributed by atoms with E-state index in [0.29, 0.717) is 11.3 Å². The second kappa shape index (κ2) is 8.71. The number of amides is 1. The number of benzene rings is 2. The molecule has 0 heterocycles. The van der Waals surface area contributed by atoms with Crippen molar-refractivity contribution in [2.45, 2.75) is 4.90 Å². The fourth-order valence-corrected chi connectivity index (χ4v) is 2.43. The van der Waals surface area contributed by atoms with Crippen molar-refractivity contribution in [3.8, 4) is 6.07 Å². The van der Waals surface area contributed by atoms with Gasteiger partial charge < -0.3 is 10.1 Å². The van der Waals surface area contributed by atoms with E-state index in [1.165, 1.54) is 13.2 Å². The lowest BCUT2D eigenvalue weighted by molar-refractivity contribution is -0.112. The van der Waals surface area contributed by atoms with Crippen molar-refractivity contribution in [3.63, 3.8) is 0 Å². The van der Waals surface area contributed by atoms with Crippen LogP contribution < -0.4 is 5.32 Å². The second-order valence-electron chi connectivity index (χ2n) is 4.97. The number of nitriles is 1. The van der Waals surface area contributed by atoms with Gasteiger partial charge >= 0.3 is 5.97 Å².